The van der Waals surface area contributed by atoms with Crippen LogP contribution in [0.2, 0.25) is 0 Å². The summed E-state index contributed by atoms with van der Waals surface area (Å²) in [7, 11) is 0. The van der Waals surface area contributed by atoms with Crippen LogP contribution in [-0.4, -0.2) is 31.4 Å². The van der Waals surface area contributed by atoms with Crippen LogP contribution in [0.5, 0.6) is 0 Å². The van der Waals surface area contributed by atoms with E-state index in [-0.39, 0.29) is 18.1 Å². The molecule has 6 heteroatoms. The number of anilines is 2. The second-order valence-electron chi connectivity index (χ2n) is 5.23. The highest BCUT2D eigenvalue weighted by molar-refractivity contribution is 7.19. The summed E-state index contributed by atoms with van der Waals surface area (Å²) >= 11 is 1.27. The molecule has 21 heavy (non-hydrogen) atoms. The van der Waals surface area contributed by atoms with Crippen molar-refractivity contribution in [2.75, 3.05) is 30.3 Å². The molecular formula is C15H24N2O3S. The first kappa shape index (κ1) is 17.5. The van der Waals surface area contributed by atoms with Crippen LogP contribution in [0.1, 0.15) is 54.6 Å². The normalized spacial score (nSPS) is 10.8. The average Bonchev–Trinajstić information content (AvgIpc) is 2.73. The van der Waals surface area contributed by atoms with Crippen molar-refractivity contribution in [3.63, 3.8) is 0 Å². The molecule has 0 aliphatic carbocycles. The molecule has 1 aromatic rings. The van der Waals surface area contributed by atoms with E-state index in [0.29, 0.717) is 16.4 Å². The molecule has 0 unspecified atom stereocenters. The first-order valence-corrected chi connectivity index (χ1v) is 8.00. The number of ether oxygens (including phenoxy) is 1. The van der Waals surface area contributed by atoms with E-state index in [0.717, 1.165) is 18.1 Å². The first-order valence-electron chi connectivity index (χ1n) is 7.18. The van der Waals surface area contributed by atoms with Crippen molar-refractivity contribution < 1.29 is 14.3 Å². The van der Waals surface area contributed by atoms with Gasteiger partial charge in [0, 0.05) is 20.0 Å². The smallest absolute Gasteiger partial charge is 0.343 e. The number of esters is 1. The largest absolute Gasteiger partial charge is 0.462 e. The Morgan fingerprint density at radius 1 is 1.33 bits per heavy atom. The van der Waals surface area contributed by atoms with E-state index in [9.17, 15) is 9.59 Å². The Hall–Kier alpha value is -1.56. The van der Waals surface area contributed by atoms with Gasteiger partial charge in [-0.2, -0.15) is 0 Å². The van der Waals surface area contributed by atoms with Crippen LogP contribution >= 0.6 is 11.3 Å². The maximum absolute atomic E-state index is 12.2. The summed E-state index contributed by atoms with van der Waals surface area (Å²) in [5, 5.41) is 0.729. The highest BCUT2D eigenvalue weighted by Gasteiger charge is 2.27. The molecule has 1 heterocycles. The van der Waals surface area contributed by atoms with Crippen LogP contribution in [0, 0.1) is 5.92 Å². The summed E-state index contributed by atoms with van der Waals surface area (Å²) in [5.41, 5.74) is 6.59. The number of Topliss-reactive ketones (excluding diaryl/α,β-unsaturated/α-hetero) is 1. The predicted octanol–water partition coefficient (Wildman–Crippen LogP) is 3.19. The van der Waals surface area contributed by atoms with Crippen molar-refractivity contribution >= 4 is 33.8 Å². The number of rotatable bonds is 7. The van der Waals surface area contributed by atoms with E-state index in [4.69, 9.17) is 10.5 Å². The van der Waals surface area contributed by atoms with E-state index >= 15 is 0 Å². The van der Waals surface area contributed by atoms with Gasteiger partial charge in [0.15, 0.2) is 5.78 Å². The number of thiophene rings is 1. The number of hydrogen-bond acceptors (Lipinski definition) is 6. The first-order chi connectivity index (χ1) is 9.83. The van der Waals surface area contributed by atoms with Crippen molar-refractivity contribution in [2.45, 2.75) is 34.6 Å². The molecule has 0 amide bonds. The quantitative estimate of drug-likeness (QED) is 0.618. The van der Waals surface area contributed by atoms with E-state index in [1.54, 1.807) is 6.92 Å². The monoisotopic (exact) mass is 312 g/mol. The molecule has 0 fully saturated rings. The number of nitrogen functional groups attached to an aromatic ring is 1. The molecule has 0 aliphatic rings. The Kier molecular flexibility index (Phi) is 6.20. The summed E-state index contributed by atoms with van der Waals surface area (Å²) in [5.74, 6) is -0.157. The Bertz CT molecular complexity index is 523. The van der Waals surface area contributed by atoms with Gasteiger partial charge in [0.2, 0.25) is 0 Å². The molecule has 0 bridgehead atoms. The third-order valence-electron chi connectivity index (χ3n) is 2.98. The van der Waals surface area contributed by atoms with Gasteiger partial charge >= 0.3 is 5.97 Å². The lowest BCUT2D eigenvalue weighted by molar-refractivity contribution is 0.0529. The van der Waals surface area contributed by atoms with Gasteiger partial charge in [0.05, 0.1) is 17.2 Å². The Morgan fingerprint density at radius 2 is 1.95 bits per heavy atom. The maximum atomic E-state index is 12.2. The fourth-order valence-electron chi connectivity index (χ4n) is 2.11. The Morgan fingerprint density at radius 3 is 2.38 bits per heavy atom. The number of carbonyl (C=O) groups excluding carboxylic acids is 2. The highest BCUT2D eigenvalue weighted by Crippen LogP contribution is 2.39. The zero-order valence-electron chi connectivity index (χ0n) is 13.4. The number of nitrogens with two attached hydrogens (primary N) is 1. The molecule has 0 saturated heterocycles. The number of hydrogen-bond donors (Lipinski definition) is 1. The molecule has 0 atom stereocenters. The van der Waals surface area contributed by atoms with Crippen molar-refractivity contribution in [1.82, 2.24) is 0 Å². The Labute approximate surface area is 130 Å². The van der Waals surface area contributed by atoms with E-state index in [1.165, 1.54) is 18.3 Å². The summed E-state index contributed by atoms with van der Waals surface area (Å²) in [6, 6.07) is 0. The molecule has 2 N–H and O–H groups in total. The lowest BCUT2D eigenvalue weighted by Crippen LogP contribution is -2.28. The van der Waals surface area contributed by atoms with Crippen LogP contribution in [0.15, 0.2) is 0 Å². The second kappa shape index (κ2) is 7.45. The third kappa shape index (κ3) is 3.97. The van der Waals surface area contributed by atoms with Gasteiger partial charge in [-0.3, -0.25) is 4.79 Å². The van der Waals surface area contributed by atoms with E-state index < -0.39 is 5.97 Å². The van der Waals surface area contributed by atoms with Crippen molar-refractivity contribution in [3.8, 4) is 0 Å². The highest BCUT2D eigenvalue weighted by atomic mass is 32.1. The minimum atomic E-state index is -0.462. The minimum Gasteiger partial charge on any atom is -0.462 e. The second-order valence-corrected chi connectivity index (χ2v) is 6.23. The fraction of sp³-hybridized carbons (Fsp3) is 0.600. The maximum Gasteiger partial charge on any atom is 0.343 e. The number of ketones is 1. The van der Waals surface area contributed by atoms with Crippen LogP contribution < -0.4 is 10.6 Å². The SMILES string of the molecule is CCOC(=O)c1c(N(CC)CC(C)C)sc(C(C)=O)c1N. The van der Waals surface area contributed by atoms with Crippen molar-refractivity contribution in [3.05, 3.63) is 10.4 Å². The van der Waals surface area contributed by atoms with Crippen LogP contribution in [-0.2, 0) is 4.74 Å². The molecule has 5 nitrogen and oxygen atoms in total. The topological polar surface area (TPSA) is 72.6 Å². The van der Waals surface area contributed by atoms with Gasteiger partial charge in [-0.1, -0.05) is 13.8 Å². The number of carbonyl (C=O) groups is 2. The molecule has 118 valence electrons. The van der Waals surface area contributed by atoms with Gasteiger partial charge in [-0.05, 0) is 19.8 Å². The minimum absolute atomic E-state index is 0.130. The molecule has 0 saturated carbocycles. The average molecular weight is 312 g/mol. The van der Waals surface area contributed by atoms with E-state index in [2.05, 4.69) is 18.7 Å². The molecule has 0 radical (unpaired) electrons. The Balaban J connectivity index is 3.37. The summed E-state index contributed by atoms with van der Waals surface area (Å²) < 4.78 is 5.09. The fourth-order valence-corrected chi connectivity index (χ4v) is 3.29. The zero-order valence-corrected chi connectivity index (χ0v) is 14.2. The summed E-state index contributed by atoms with van der Waals surface area (Å²) in [6.45, 7) is 11.2. The third-order valence-corrected chi connectivity index (χ3v) is 4.35. The number of nitrogens with zero attached hydrogens (tertiary/aromatic N) is 1. The van der Waals surface area contributed by atoms with Crippen molar-refractivity contribution in [2.24, 2.45) is 5.92 Å². The van der Waals surface area contributed by atoms with Gasteiger partial charge in [0.1, 0.15) is 10.6 Å². The standard InChI is InChI=1S/C15H24N2O3S/c1-6-17(8-9(3)4)14-11(15(19)20-7-2)12(16)13(21-14)10(5)18/h9H,6-8,16H2,1-5H3. The molecule has 1 rings (SSSR count). The zero-order chi connectivity index (χ0) is 16.2. The van der Waals surface area contributed by atoms with Gasteiger partial charge < -0.3 is 15.4 Å². The van der Waals surface area contributed by atoms with Gasteiger partial charge in [0.25, 0.3) is 0 Å². The molecule has 0 spiro atoms. The molecular weight excluding hydrogens is 288 g/mol. The van der Waals surface area contributed by atoms with E-state index in [1.807, 2.05) is 6.92 Å². The van der Waals surface area contributed by atoms with Gasteiger partial charge in [-0.25, -0.2) is 4.79 Å². The molecule has 1 aromatic heterocycles. The summed E-state index contributed by atoms with van der Waals surface area (Å²) in [4.78, 5) is 26.4. The van der Waals surface area contributed by atoms with Gasteiger partial charge in [-0.15, -0.1) is 11.3 Å². The van der Waals surface area contributed by atoms with Crippen LogP contribution in [0.25, 0.3) is 0 Å². The molecule has 0 aliphatic heterocycles. The van der Waals surface area contributed by atoms with Crippen LogP contribution in [0.4, 0.5) is 10.7 Å². The lowest BCUT2D eigenvalue weighted by Gasteiger charge is -2.24. The lowest BCUT2D eigenvalue weighted by atomic mass is 10.1. The molecule has 0 aromatic carbocycles. The predicted molar refractivity (Wildman–Crippen MR) is 87.4 cm³/mol. The van der Waals surface area contributed by atoms with Crippen LogP contribution in [0.3, 0.4) is 0 Å². The summed E-state index contributed by atoms with van der Waals surface area (Å²) in [6.07, 6.45) is 0. The van der Waals surface area contributed by atoms with Crippen molar-refractivity contribution in [1.29, 1.82) is 0 Å².